The standard InChI is InChI=1S/C21H27NO6S2/c1-15-13-20(28-4)21(14-16(15)2)30(25,26)22-11-9-19(10-12-22)29(23,24)18-7-5-17(27-3)6-8-18/h5-8,13-14,19H,9-12H2,1-4H3. The summed E-state index contributed by atoms with van der Waals surface area (Å²) in [7, 11) is -4.38. The van der Waals surface area contributed by atoms with E-state index >= 15 is 0 Å². The van der Waals surface area contributed by atoms with Crippen LogP contribution in [-0.4, -0.2) is 53.7 Å². The lowest BCUT2D eigenvalue weighted by Crippen LogP contribution is -2.42. The van der Waals surface area contributed by atoms with Gasteiger partial charge in [-0.05, 0) is 74.2 Å². The fourth-order valence-corrected chi connectivity index (χ4v) is 7.03. The first kappa shape index (κ1) is 22.6. The molecule has 1 fully saturated rings. The molecule has 1 aliphatic heterocycles. The fraction of sp³-hybridized carbons (Fsp3) is 0.429. The van der Waals surface area contributed by atoms with Gasteiger partial charge < -0.3 is 9.47 Å². The first-order valence-electron chi connectivity index (χ1n) is 9.64. The van der Waals surface area contributed by atoms with Crippen molar-refractivity contribution in [3.05, 3.63) is 47.5 Å². The van der Waals surface area contributed by atoms with Gasteiger partial charge in [0.1, 0.15) is 16.4 Å². The third-order valence-corrected chi connectivity index (χ3v) is 9.82. The van der Waals surface area contributed by atoms with Crippen LogP contribution in [0.3, 0.4) is 0 Å². The van der Waals surface area contributed by atoms with Gasteiger partial charge in [0.15, 0.2) is 9.84 Å². The maximum atomic E-state index is 13.2. The maximum absolute atomic E-state index is 13.2. The molecule has 30 heavy (non-hydrogen) atoms. The van der Waals surface area contributed by atoms with E-state index in [4.69, 9.17) is 9.47 Å². The summed E-state index contributed by atoms with van der Waals surface area (Å²) in [6, 6.07) is 9.60. The average molecular weight is 454 g/mol. The summed E-state index contributed by atoms with van der Waals surface area (Å²) in [5.74, 6) is 0.878. The molecule has 0 radical (unpaired) electrons. The largest absolute Gasteiger partial charge is 0.497 e. The first-order chi connectivity index (χ1) is 14.1. The van der Waals surface area contributed by atoms with Crippen molar-refractivity contribution < 1.29 is 26.3 Å². The van der Waals surface area contributed by atoms with Crippen LogP contribution < -0.4 is 9.47 Å². The molecule has 0 spiro atoms. The Kier molecular flexibility index (Phi) is 6.45. The summed E-state index contributed by atoms with van der Waals surface area (Å²) in [6.07, 6.45) is 0.474. The Morgan fingerprint density at radius 3 is 1.97 bits per heavy atom. The Labute approximate surface area is 178 Å². The van der Waals surface area contributed by atoms with E-state index in [0.717, 1.165) is 11.1 Å². The molecule has 0 N–H and O–H groups in total. The van der Waals surface area contributed by atoms with Crippen LogP contribution in [0.5, 0.6) is 11.5 Å². The number of methoxy groups -OCH3 is 2. The molecule has 3 rings (SSSR count). The van der Waals surface area contributed by atoms with E-state index in [9.17, 15) is 16.8 Å². The highest BCUT2D eigenvalue weighted by molar-refractivity contribution is 7.92. The summed E-state index contributed by atoms with van der Waals surface area (Å²) in [5.41, 5.74) is 1.79. The molecule has 0 unspecified atom stereocenters. The average Bonchev–Trinajstić information content (AvgIpc) is 2.75. The molecular weight excluding hydrogens is 426 g/mol. The number of sulfone groups is 1. The molecule has 0 atom stereocenters. The predicted octanol–water partition coefficient (Wildman–Crippen LogP) is 2.95. The molecule has 0 amide bonds. The van der Waals surface area contributed by atoms with Crippen LogP contribution in [0.15, 0.2) is 46.2 Å². The Hall–Kier alpha value is -2.10. The van der Waals surface area contributed by atoms with Gasteiger partial charge in [0.25, 0.3) is 0 Å². The first-order valence-corrected chi connectivity index (χ1v) is 12.6. The van der Waals surface area contributed by atoms with Gasteiger partial charge in [0.2, 0.25) is 10.0 Å². The van der Waals surface area contributed by atoms with Gasteiger partial charge in [-0.15, -0.1) is 0 Å². The molecule has 9 heteroatoms. The number of nitrogens with zero attached hydrogens (tertiary/aromatic N) is 1. The molecule has 1 saturated heterocycles. The predicted molar refractivity (Wildman–Crippen MR) is 114 cm³/mol. The van der Waals surface area contributed by atoms with Crippen molar-refractivity contribution in [3.8, 4) is 11.5 Å². The minimum atomic E-state index is -3.79. The van der Waals surface area contributed by atoms with E-state index < -0.39 is 25.1 Å². The second-order valence-corrected chi connectivity index (χ2v) is 11.5. The molecule has 0 aromatic heterocycles. The minimum absolute atomic E-state index is 0.115. The van der Waals surface area contributed by atoms with Gasteiger partial charge >= 0.3 is 0 Å². The third kappa shape index (κ3) is 4.19. The monoisotopic (exact) mass is 453 g/mol. The van der Waals surface area contributed by atoms with Gasteiger partial charge in [-0.25, -0.2) is 16.8 Å². The van der Waals surface area contributed by atoms with Crippen molar-refractivity contribution >= 4 is 19.9 Å². The van der Waals surface area contributed by atoms with E-state index in [1.807, 2.05) is 13.8 Å². The van der Waals surface area contributed by atoms with Gasteiger partial charge in [0.05, 0.1) is 24.4 Å². The van der Waals surface area contributed by atoms with Gasteiger partial charge in [0, 0.05) is 13.1 Å². The number of rotatable bonds is 6. The van der Waals surface area contributed by atoms with Gasteiger partial charge in [-0.2, -0.15) is 4.31 Å². The highest BCUT2D eigenvalue weighted by atomic mass is 32.2. The SMILES string of the molecule is COc1ccc(S(=O)(=O)C2CCN(S(=O)(=O)c3cc(C)c(C)cc3OC)CC2)cc1. The molecule has 2 aromatic rings. The highest BCUT2D eigenvalue weighted by Crippen LogP contribution is 2.33. The lowest BCUT2D eigenvalue weighted by molar-refractivity contribution is 0.342. The number of ether oxygens (including phenoxy) is 2. The summed E-state index contributed by atoms with van der Waals surface area (Å²) in [4.78, 5) is 0.338. The molecule has 0 saturated carbocycles. The molecule has 1 aliphatic rings. The fourth-order valence-electron chi connectivity index (χ4n) is 3.60. The summed E-state index contributed by atoms with van der Waals surface area (Å²) in [6.45, 7) is 4.02. The van der Waals surface area contributed by atoms with Crippen molar-refractivity contribution in [2.24, 2.45) is 0 Å². The van der Waals surface area contributed by atoms with Crippen LogP contribution in [0.4, 0.5) is 0 Å². The van der Waals surface area contributed by atoms with E-state index in [1.165, 1.54) is 30.7 Å². The quantitative estimate of drug-likeness (QED) is 0.668. The topological polar surface area (TPSA) is 90.0 Å². The lowest BCUT2D eigenvalue weighted by atomic mass is 10.1. The van der Waals surface area contributed by atoms with Crippen LogP contribution in [0.1, 0.15) is 24.0 Å². The number of hydrogen-bond acceptors (Lipinski definition) is 6. The Balaban J connectivity index is 1.80. The van der Waals surface area contributed by atoms with Crippen LogP contribution in [0, 0.1) is 13.8 Å². The Morgan fingerprint density at radius 1 is 0.867 bits per heavy atom. The summed E-state index contributed by atoms with van der Waals surface area (Å²) >= 11 is 0. The van der Waals surface area contributed by atoms with Gasteiger partial charge in [-0.1, -0.05) is 0 Å². The number of aryl methyl sites for hydroxylation is 2. The van der Waals surface area contributed by atoms with E-state index in [2.05, 4.69) is 0 Å². The summed E-state index contributed by atoms with van der Waals surface area (Å²) < 4.78 is 64.1. The molecule has 2 aromatic carbocycles. The van der Waals surface area contributed by atoms with Crippen molar-refractivity contribution in [1.82, 2.24) is 4.31 Å². The maximum Gasteiger partial charge on any atom is 0.246 e. The number of hydrogen-bond donors (Lipinski definition) is 0. The second-order valence-electron chi connectivity index (χ2n) is 7.41. The van der Waals surface area contributed by atoms with Crippen LogP contribution in [-0.2, 0) is 19.9 Å². The lowest BCUT2D eigenvalue weighted by Gasteiger charge is -2.31. The zero-order valence-corrected chi connectivity index (χ0v) is 19.2. The normalized spacial score (nSPS) is 16.4. The van der Waals surface area contributed by atoms with E-state index in [0.29, 0.717) is 11.5 Å². The number of sulfonamides is 1. The molecule has 7 nitrogen and oxygen atoms in total. The third-order valence-electron chi connectivity index (χ3n) is 5.63. The van der Waals surface area contributed by atoms with E-state index in [1.54, 1.807) is 24.3 Å². The van der Waals surface area contributed by atoms with E-state index in [-0.39, 0.29) is 35.7 Å². The number of benzene rings is 2. The van der Waals surface area contributed by atoms with Crippen molar-refractivity contribution in [3.63, 3.8) is 0 Å². The van der Waals surface area contributed by atoms with Crippen LogP contribution in [0.2, 0.25) is 0 Å². The van der Waals surface area contributed by atoms with Crippen LogP contribution in [0.25, 0.3) is 0 Å². The zero-order chi connectivity index (χ0) is 22.1. The Bertz CT molecular complexity index is 1120. The highest BCUT2D eigenvalue weighted by Gasteiger charge is 2.36. The van der Waals surface area contributed by atoms with Crippen molar-refractivity contribution in [2.45, 2.75) is 41.7 Å². The molecule has 0 aliphatic carbocycles. The van der Waals surface area contributed by atoms with Gasteiger partial charge in [-0.3, -0.25) is 0 Å². The number of piperidine rings is 1. The molecule has 164 valence electrons. The zero-order valence-electron chi connectivity index (χ0n) is 17.6. The van der Waals surface area contributed by atoms with Crippen molar-refractivity contribution in [1.29, 1.82) is 0 Å². The molecule has 0 bridgehead atoms. The molecule has 1 heterocycles. The Morgan fingerprint density at radius 2 is 1.43 bits per heavy atom. The minimum Gasteiger partial charge on any atom is -0.497 e. The van der Waals surface area contributed by atoms with Crippen LogP contribution >= 0.6 is 0 Å². The van der Waals surface area contributed by atoms with Crippen molar-refractivity contribution in [2.75, 3.05) is 27.3 Å². The summed E-state index contributed by atoms with van der Waals surface area (Å²) in [5, 5.41) is -0.626. The molecular formula is C21H27NO6S2. The smallest absolute Gasteiger partial charge is 0.246 e. The second kappa shape index (κ2) is 8.56.